The molecule has 25 heavy (non-hydrogen) atoms. The zero-order valence-corrected chi connectivity index (χ0v) is 16.4. The molecule has 0 saturated carbocycles. The minimum Gasteiger partial charge on any atom is -0.353 e. The number of thiophene rings is 1. The maximum atomic E-state index is 12.8. The van der Waals surface area contributed by atoms with Gasteiger partial charge in [0.15, 0.2) is 0 Å². The largest absolute Gasteiger partial charge is 0.353 e. The first-order valence-corrected chi connectivity index (χ1v) is 10.0. The molecule has 0 fully saturated rings. The van der Waals surface area contributed by atoms with E-state index in [1.165, 1.54) is 10.4 Å². The number of benzene rings is 1. The summed E-state index contributed by atoms with van der Waals surface area (Å²) < 4.78 is 0. The highest BCUT2D eigenvalue weighted by Gasteiger charge is 2.36. The van der Waals surface area contributed by atoms with Gasteiger partial charge in [-0.3, -0.25) is 4.79 Å². The number of carbonyl (C=O) groups excluding carboxylic acids is 1. The van der Waals surface area contributed by atoms with Crippen molar-refractivity contribution >= 4 is 33.8 Å². The molecule has 1 amide bonds. The van der Waals surface area contributed by atoms with Crippen molar-refractivity contribution in [3.05, 3.63) is 50.9 Å². The fourth-order valence-electron chi connectivity index (χ4n) is 3.90. The normalized spacial score (nSPS) is 22.6. The number of nitrogens with one attached hydrogen (secondary N) is 2. The molecule has 0 spiro atoms. The molecule has 2 aromatic rings. The van der Waals surface area contributed by atoms with E-state index in [9.17, 15) is 4.79 Å². The molecule has 1 aliphatic heterocycles. The van der Waals surface area contributed by atoms with Gasteiger partial charge in [0.2, 0.25) is 0 Å². The van der Waals surface area contributed by atoms with Crippen molar-refractivity contribution in [3.63, 3.8) is 0 Å². The summed E-state index contributed by atoms with van der Waals surface area (Å²) in [5, 5.41) is 8.24. The number of hydrogen-bond acceptors (Lipinski definition) is 3. The van der Waals surface area contributed by atoms with Gasteiger partial charge in [0.1, 0.15) is 11.2 Å². The van der Waals surface area contributed by atoms with Crippen LogP contribution in [-0.2, 0) is 12.8 Å². The predicted octanol–water partition coefficient (Wildman–Crippen LogP) is 5.41. The quantitative estimate of drug-likeness (QED) is 0.701. The number of amides is 1. The minimum absolute atomic E-state index is 0.0189. The molecule has 0 saturated heterocycles. The van der Waals surface area contributed by atoms with Gasteiger partial charge in [0.05, 0.1) is 5.56 Å². The number of rotatable bonds is 1. The van der Waals surface area contributed by atoms with Gasteiger partial charge in [-0.05, 0) is 42.2 Å². The summed E-state index contributed by atoms with van der Waals surface area (Å²) in [5.74, 6) is 0.688. The molecule has 2 N–H and O–H groups in total. The van der Waals surface area contributed by atoms with Gasteiger partial charge in [-0.1, -0.05) is 50.6 Å². The average Bonchev–Trinajstić information content (AvgIpc) is 2.92. The summed E-state index contributed by atoms with van der Waals surface area (Å²) in [5.41, 5.74) is 3.32. The van der Waals surface area contributed by atoms with Crippen LogP contribution in [0.5, 0.6) is 0 Å². The molecule has 0 unspecified atom stereocenters. The second-order valence-corrected chi connectivity index (χ2v) is 9.60. The van der Waals surface area contributed by atoms with Crippen LogP contribution in [0.25, 0.3) is 0 Å². The Labute approximate surface area is 157 Å². The first kappa shape index (κ1) is 16.9. The van der Waals surface area contributed by atoms with Crippen LogP contribution in [0.3, 0.4) is 0 Å². The van der Waals surface area contributed by atoms with Gasteiger partial charge in [-0.2, -0.15) is 0 Å². The Morgan fingerprint density at radius 2 is 1.96 bits per heavy atom. The topological polar surface area (TPSA) is 41.1 Å². The lowest BCUT2D eigenvalue weighted by atomic mass is 9.72. The van der Waals surface area contributed by atoms with Crippen LogP contribution in [0.1, 0.15) is 59.7 Å². The Kier molecular flexibility index (Phi) is 4.08. The highest BCUT2D eigenvalue weighted by Crippen LogP contribution is 2.46. The van der Waals surface area contributed by atoms with Gasteiger partial charge in [-0.25, -0.2) is 0 Å². The number of hydrogen-bond donors (Lipinski definition) is 2. The molecule has 1 aromatic carbocycles. The third-order valence-electron chi connectivity index (χ3n) is 5.48. The molecule has 2 heterocycles. The number of carbonyl (C=O) groups is 1. The van der Waals surface area contributed by atoms with Gasteiger partial charge >= 0.3 is 0 Å². The van der Waals surface area contributed by atoms with Crippen molar-refractivity contribution in [3.8, 4) is 0 Å². The fraction of sp³-hybridized carbons (Fsp3) is 0.450. The van der Waals surface area contributed by atoms with Crippen molar-refractivity contribution in [2.75, 3.05) is 5.32 Å². The summed E-state index contributed by atoms with van der Waals surface area (Å²) in [6.07, 6.45) is 2.95. The molecule has 1 aliphatic carbocycles. The van der Waals surface area contributed by atoms with Gasteiger partial charge in [0.25, 0.3) is 5.91 Å². The number of fused-ring (bicyclic) bond motifs is 3. The van der Waals surface area contributed by atoms with Crippen LogP contribution in [0.15, 0.2) is 24.3 Å². The third kappa shape index (κ3) is 2.96. The monoisotopic (exact) mass is 374 g/mol. The third-order valence-corrected chi connectivity index (χ3v) is 7.01. The standard InChI is InChI=1S/C20H23ClN2OS/c1-20(2,3)11-8-9-13-15(10-11)25-19-16(13)18(24)22-17(23-19)12-6-4-5-7-14(12)21/h4-7,11,17,23H,8-10H2,1-3H3,(H,22,24)/t11-,17-/m0/s1. The maximum Gasteiger partial charge on any atom is 0.256 e. The van der Waals surface area contributed by atoms with E-state index in [0.29, 0.717) is 16.4 Å². The molecular weight excluding hydrogens is 352 g/mol. The molecule has 132 valence electrons. The Bertz CT molecular complexity index is 837. The highest BCUT2D eigenvalue weighted by molar-refractivity contribution is 7.16. The average molecular weight is 375 g/mol. The predicted molar refractivity (Wildman–Crippen MR) is 105 cm³/mol. The Morgan fingerprint density at radius 1 is 1.20 bits per heavy atom. The molecule has 4 rings (SSSR count). The first-order chi connectivity index (χ1) is 11.8. The summed E-state index contributed by atoms with van der Waals surface area (Å²) in [6.45, 7) is 6.94. The molecule has 2 atom stereocenters. The lowest BCUT2D eigenvalue weighted by Gasteiger charge is -2.34. The summed E-state index contributed by atoms with van der Waals surface area (Å²) in [4.78, 5) is 14.2. The van der Waals surface area contributed by atoms with E-state index in [4.69, 9.17) is 11.6 Å². The highest BCUT2D eigenvalue weighted by atomic mass is 35.5. The smallest absolute Gasteiger partial charge is 0.256 e. The van der Waals surface area contributed by atoms with Crippen molar-refractivity contribution in [2.24, 2.45) is 11.3 Å². The zero-order valence-electron chi connectivity index (χ0n) is 14.8. The first-order valence-electron chi connectivity index (χ1n) is 8.81. The van der Waals surface area contributed by atoms with Gasteiger partial charge in [0, 0.05) is 15.5 Å². The van der Waals surface area contributed by atoms with E-state index in [2.05, 4.69) is 31.4 Å². The minimum atomic E-state index is -0.271. The fourth-order valence-corrected chi connectivity index (χ4v) is 5.50. The van der Waals surface area contributed by atoms with Crippen LogP contribution in [0, 0.1) is 11.3 Å². The molecule has 3 nitrogen and oxygen atoms in total. The second kappa shape index (κ2) is 6.03. The van der Waals surface area contributed by atoms with Crippen LogP contribution >= 0.6 is 22.9 Å². The van der Waals surface area contributed by atoms with E-state index in [1.807, 2.05) is 24.3 Å². The van der Waals surface area contributed by atoms with Crippen LogP contribution in [0.2, 0.25) is 5.02 Å². The Hall–Kier alpha value is -1.52. The number of anilines is 1. The lowest BCUT2D eigenvalue weighted by Crippen LogP contribution is -2.38. The van der Waals surface area contributed by atoms with Crippen molar-refractivity contribution in [1.29, 1.82) is 0 Å². The second-order valence-electron chi connectivity index (χ2n) is 8.09. The molecule has 2 aliphatic rings. The summed E-state index contributed by atoms with van der Waals surface area (Å²) in [7, 11) is 0. The van der Waals surface area contributed by atoms with Gasteiger partial charge in [-0.15, -0.1) is 11.3 Å². The lowest BCUT2D eigenvalue weighted by molar-refractivity contribution is 0.0935. The summed E-state index contributed by atoms with van der Waals surface area (Å²) in [6, 6.07) is 7.65. The number of halogens is 1. The van der Waals surface area contributed by atoms with Crippen molar-refractivity contribution in [1.82, 2.24) is 5.32 Å². The van der Waals surface area contributed by atoms with Crippen molar-refractivity contribution < 1.29 is 4.79 Å². The Balaban J connectivity index is 1.67. The molecule has 1 aromatic heterocycles. The maximum absolute atomic E-state index is 12.8. The molecule has 0 bridgehead atoms. The van der Waals surface area contributed by atoms with Crippen molar-refractivity contribution in [2.45, 2.75) is 46.2 Å². The van der Waals surface area contributed by atoms with E-state index < -0.39 is 0 Å². The van der Waals surface area contributed by atoms with Crippen LogP contribution < -0.4 is 10.6 Å². The SMILES string of the molecule is CC(C)(C)[C@H]1CCc2c(sc3c2C(=O)N[C@H](c2ccccc2Cl)N3)C1. The van der Waals surface area contributed by atoms with Gasteiger partial charge < -0.3 is 10.6 Å². The van der Waals surface area contributed by atoms with E-state index in [1.54, 1.807) is 11.3 Å². The van der Waals surface area contributed by atoms with E-state index in [-0.39, 0.29) is 12.1 Å². The van der Waals surface area contributed by atoms with E-state index in [0.717, 1.165) is 35.4 Å². The summed E-state index contributed by atoms with van der Waals surface area (Å²) >= 11 is 8.07. The molecular formula is C20H23ClN2OS. The van der Waals surface area contributed by atoms with Crippen LogP contribution in [0.4, 0.5) is 5.00 Å². The molecule has 5 heteroatoms. The Morgan fingerprint density at radius 3 is 2.68 bits per heavy atom. The zero-order chi connectivity index (χ0) is 17.8. The molecule has 0 radical (unpaired) electrons. The van der Waals surface area contributed by atoms with Crippen LogP contribution in [-0.4, -0.2) is 5.91 Å². The van der Waals surface area contributed by atoms with E-state index >= 15 is 0 Å².